The highest BCUT2D eigenvalue weighted by Gasteiger charge is 2.20. The van der Waals surface area contributed by atoms with Gasteiger partial charge in [0.15, 0.2) is 0 Å². The Labute approximate surface area is 110 Å². The molecule has 0 atom stereocenters. The fraction of sp³-hybridized carbons (Fsp3) is 0.462. The average molecular weight is 264 g/mol. The number of carboxylic acid groups (broad SMARTS) is 1. The largest absolute Gasteiger partial charge is 0.477 e. The number of amides is 1. The molecule has 6 heteroatoms. The van der Waals surface area contributed by atoms with Crippen LogP contribution in [0.1, 0.15) is 28.9 Å². The molecule has 1 fully saturated rings. The molecular weight excluding hydrogens is 248 g/mol. The van der Waals surface area contributed by atoms with Crippen LogP contribution >= 0.6 is 0 Å². The van der Waals surface area contributed by atoms with Crippen molar-refractivity contribution in [2.45, 2.75) is 26.3 Å². The van der Waals surface area contributed by atoms with E-state index >= 15 is 0 Å². The number of hydrogen-bond acceptors (Lipinski definition) is 3. The lowest BCUT2D eigenvalue weighted by Gasteiger charge is -2.17. The molecule has 1 aromatic heterocycles. The van der Waals surface area contributed by atoms with Gasteiger partial charge in [-0.1, -0.05) is 0 Å². The van der Waals surface area contributed by atoms with E-state index in [2.05, 4.69) is 0 Å². The second-order valence-electron chi connectivity index (χ2n) is 4.67. The Balaban J connectivity index is 2.29. The number of nitrogens with zero attached hydrogens (tertiary/aromatic N) is 2. The molecule has 2 heterocycles. The molecule has 0 unspecified atom stereocenters. The second kappa shape index (κ2) is 5.26. The van der Waals surface area contributed by atoms with E-state index in [-0.39, 0.29) is 18.0 Å². The SMILES string of the molecule is Cc1ccc(C(=O)O)c(=O)n1CC(=O)N1CCCC1. The van der Waals surface area contributed by atoms with Gasteiger partial charge >= 0.3 is 5.97 Å². The predicted octanol–water partition coefficient (Wildman–Crippen LogP) is 0.477. The maximum absolute atomic E-state index is 12.0. The van der Waals surface area contributed by atoms with Gasteiger partial charge in [-0.3, -0.25) is 9.59 Å². The van der Waals surface area contributed by atoms with Crippen molar-refractivity contribution in [1.82, 2.24) is 9.47 Å². The number of rotatable bonds is 3. The molecule has 1 N–H and O–H groups in total. The molecule has 102 valence electrons. The molecule has 0 bridgehead atoms. The van der Waals surface area contributed by atoms with Crippen molar-refractivity contribution in [1.29, 1.82) is 0 Å². The number of pyridine rings is 1. The Hall–Kier alpha value is -2.11. The first-order valence-electron chi connectivity index (χ1n) is 6.22. The summed E-state index contributed by atoms with van der Waals surface area (Å²) in [5, 5.41) is 8.92. The molecule has 1 aromatic rings. The number of carbonyl (C=O) groups is 2. The summed E-state index contributed by atoms with van der Waals surface area (Å²) < 4.78 is 1.23. The molecule has 6 nitrogen and oxygen atoms in total. The van der Waals surface area contributed by atoms with E-state index in [0.29, 0.717) is 18.8 Å². The van der Waals surface area contributed by atoms with Crippen molar-refractivity contribution in [3.05, 3.63) is 33.7 Å². The highest BCUT2D eigenvalue weighted by atomic mass is 16.4. The molecule has 0 aliphatic carbocycles. The molecule has 1 aliphatic rings. The third kappa shape index (κ3) is 2.67. The normalized spacial score (nSPS) is 14.7. The van der Waals surface area contributed by atoms with Crippen molar-refractivity contribution in [2.24, 2.45) is 0 Å². The van der Waals surface area contributed by atoms with Gasteiger partial charge in [0, 0.05) is 18.8 Å². The highest BCUT2D eigenvalue weighted by Crippen LogP contribution is 2.08. The molecule has 1 aliphatic heterocycles. The third-order valence-electron chi connectivity index (χ3n) is 3.38. The summed E-state index contributed by atoms with van der Waals surface area (Å²) >= 11 is 0. The minimum absolute atomic E-state index is 0.0915. The minimum atomic E-state index is -1.27. The van der Waals surface area contributed by atoms with Gasteiger partial charge in [-0.05, 0) is 31.9 Å². The Morgan fingerprint density at radius 2 is 1.89 bits per heavy atom. The Kier molecular flexibility index (Phi) is 3.69. The van der Waals surface area contributed by atoms with Crippen LogP contribution in [-0.4, -0.2) is 39.5 Å². The van der Waals surface area contributed by atoms with Gasteiger partial charge in [0.25, 0.3) is 5.56 Å². The maximum atomic E-state index is 12.0. The molecule has 0 spiro atoms. The molecule has 1 amide bonds. The van der Waals surface area contributed by atoms with Gasteiger partial charge in [-0.15, -0.1) is 0 Å². The number of aromatic nitrogens is 1. The van der Waals surface area contributed by atoms with E-state index in [1.165, 1.54) is 10.6 Å². The van der Waals surface area contributed by atoms with Crippen LogP contribution in [0.5, 0.6) is 0 Å². The van der Waals surface area contributed by atoms with E-state index in [0.717, 1.165) is 12.8 Å². The zero-order chi connectivity index (χ0) is 14.0. The lowest BCUT2D eigenvalue weighted by atomic mass is 10.2. The van der Waals surface area contributed by atoms with Crippen molar-refractivity contribution in [3.8, 4) is 0 Å². The van der Waals surface area contributed by atoms with Crippen molar-refractivity contribution in [3.63, 3.8) is 0 Å². The number of carboxylic acids is 1. The van der Waals surface area contributed by atoms with E-state index in [4.69, 9.17) is 5.11 Å². The lowest BCUT2D eigenvalue weighted by Crippen LogP contribution is -2.36. The highest BCUT2D eigenvalue weighted by molar-refractivity contribution is 5.87. The van der Waals surface area contributed by atoms with Crippen LogP contribution in [0.4, 0.5) is 0 Å². The van der Waals surface area contributed by atoms with Gasteiger partial charge in [0.05, 0.1) is 0 Å². The fourth-order valence-electron chi connectivity index (χ4n) is 2.23. The van der Waals surface area contributed by atoms with Crippen LogP contribution in [0, 0.1) is 6.92 Å². The first kappa shape index (κ1) is 13.3. The third-order valence-corrected chi connectivity index (χ3v) is 3.38. The monoisotopic (exact) mass is 264 g/mol. The zero-order valence-corrected chi connectivity index (χ0v) is 10.8. The first-order valence-corrected chi connectivity index (χ1v) is 6.22. The molecule has 0 radical (unpaired) electrons. The van der Waals surface area contributed by atoms with Gasteiger partial charge in [0.2, 0.25) is 5.91 Å². The van der Waals surface area contributed by atoms with Gasteiger partial charge in [-0.25, -0.2) is 4.79 Å². The summed E-state index contributed by atoms with van der Waals surface area (Å²) in [6.07, 6.45) is 1.96. The smallest absolute Gasteiger partial charge is 0.341 e. The number of hydrogen-bond donors (Lipinski definition) is 1. The lowest BCUT2D eigenvalue weighted by molar-refractivity contribution is -0.130. The quantitative estimate of drug-likeness (QED) is 0.861. The van der Waals surface area contributed by atoms with Crippen molar-refractivity contribution >= 4 is 11.9 Å². The van der Waals surface area contributed by atoms with E-state index in [1.807, 2.05) is 0 Å². The van der Waals surface area contributed by atoms with Crippen LogP contribution < -0.4 is 5.56 Å². The minimum Gasteiger partial charge on any atom is -0.477 e. The van der Waals surface area contributed by atoms with Gasteiger partial charge in [0.1, 0.15) is 12.1 Å². The topological polar surface area (TPSA) is 79.6 Å². The Morgan fingerprint density at radius 1 is 1.26 bits per heavy atom. The zero-order valence-electron chi connectivity index (χ0n) is 10.8. The molecular formula is C13H16N2O4. The van der Waals surface area contributed by atoms with E-state index < -0.39 is 11.5 Å². The molecule has 19 heavy (non-hydrogen) atoms. The summed E-state index contributed by atoms with van der Waals surface area (Å²) in [7, 11) is 0. The van der Waals surface area contributed by atoms with Crippen molar-refractivity contribution < 1.29 is 14.7 Å². The molecule has 0 aromatic carbocycles. The average Bonchev–Trinajstić information content (AvgIpc) is 2.87. The van der Waals surface area contributed by atoms with Gasteiger partial charge < -0.3 is 14.6 Å². The van der Waals surface area contributed by atoms with E-state index in [1.54, 1.807) is 17.9 Å². The Bertz CT molecular complexity index is 570. The van der Waals surface area contributed by atoms with Crippen LogP contribution in [0.25, 0.3) is 0 Å². The van der Waals surface area contributed by atoms with Crippen LogP contribution in [0.2, 0.25) is 0 Å². The molecule has 0 saturated carbocycles. The summed E-state index contributed by atoms with van der Waals surface area (Å²) in [5.41, 5.74) is -0.345. The standard InChI is InChI=1S/C13H16N2O4/c1-9-4-5-10(13(18)19)12(17)15(9)8-11(16)14-6-2-3-7-14/h4-5H,2-3,6-8H2,1H3,(H,18,19). The second-order valence-corrected chi connectivity index (χ2v) is 4.67. The van der Waals surface area contributed by atoms with E-state index in [9.17, 15) is 14.4 Å². The summed E-state index contributed by atoms with van der Waals surface area (Å²) in [6, 6.07) is 2.82. The summed E-state index contributed by atoms with van der Waals surface area (Å²) in [5.74, 6) is -1.40. The van der Waals surface area contributed by atoms with Gasteiger partial charge in [-0.2, -0.15) is 0 Å². The van der Waals surface area contributed by atoms with Crippen LogP contribution in [0.15, 0.2) is 16.9 Å². The summed E-state index contributed by atoms with van der Waals surface area (Å²) in [4.78, 5) is 36.6. The fourth-order valence-corrected chi connectivity index (χ4v) is 2.23. The number of aromatic carboxylic acids is 1. The predicted molar refractivity (Wildman–Crippen MR) is 68.2 cm³/mol. The Morgan fingerprint density at radius 3 is 2.47 bits per heavy atom. The first-order chi connectivity index (χ1) is 9.00. The number of likely N-dealkylation sites (tertiary alicyclic amines) is 1. The molecule has 2 rings (SSSR count). The maximum Gasteiger partial charge on any atom is 0.341 e. The van der Waals surface area contributed by atoms with Crippen molar-refractivity contribution in [2.75, 3.05) is 13.1 Å². The number of aryl methyl sites for hydroxylation is 1. The number of carbonyl (C=O) groups excluding carboxylic acids is 1. The van der Waals surface area contributed by atoms with Crippen LogP contribution in [-0.2, 0) is 11.3 Å². The van der Waals surface area contributed by atoms with Crippen LogP contribution in [0.3, 0.4) is 0 Å². The summed E-state index contributed by atoms with van der Waals surface area (Å²) in [6.45, 7) is 3.02. The molecule has 1 saturated heterocycles.